The molecule has 0 fully saturated rings. The Morgan fingerprint density at radius 3 is 2.16 bits per heavy atom. The van der Waals surface area contributed by atoms with E-state index in [4.69, 9.17) is 26.4 Å². The summed E-state index contributed by atoms with van der Waals surface area (Å²) in [6.07, 6.45) is 0.116. The Morgan fingerprint density at radius 2 is 1.55 bits per heavy atom. The third-order valence-corrected chi connectivity index (χ3v) is 4.03. The number of rotatable bonds is 8. The molecule has 2 aromatic carbocycles. The molecule has 0 aliphatic carbocycles. The molecule has 9 nitrogen and oxygen atoms in total. The third kappa shape index (κ3) is 8.31. The van der Waals surface area contributed by atoms with Crippen LogP contribution in [0.5, 0.6) is 11.5 Å². The van der Waals surface area contributed by atoms with Gasteiger partial charge in [0.2, 0.25) is 5.91 Å². The molecule has 0 saturated carbocycles. The maximum absolute atomic E-state index is 12.0. The largest absolute Gasteiger partial charge is 0.497 e. The molecule has 0 atom stereocenters. The van der Waals surface area contributed by atoms with Crippen LogP contribution in [0.4, 0.5) is 0 Å². The molecule has 0 bridgehead atoms. The summed E-state index contributed by atoms with van der Waals surface area (Å²) in [7, 11) is 1.56. The van der Waals surface area contributed by atoms with Crippen LogP contribution in [0.2, 0.25) is 0 Å². The lowest BCUT2D eigenvalue weighted by Crippen LogP contribution is -2.49. The molecule has 2 aromatic rings. The number of nitrogens with one attached hydrogen (secondary N) is 3. The third-order valence-electron chi connectivity index (χ3n) is 3.83. The first-order valence-corrected chi connectivity index (χ1v) is 9.73. The standard InChI is InChI=1S/C21H23N3O6S/c1-3-29-20(27)15-6-10-17(11-7-15)30-13-19(26)23-24-21(31)22-18(25)12-14-4-8-16(28-2)9-5-14/h4-11H,3,12-13H2,1-2H3,(H,23,26)(H2,22,24,25,31). The van der Waals surface area contributed by atoms with Gasteiger partial charge in [0.15, 0.2) is 11.7 Å². The van der Waals surface area contributed by atoms with Crippen molar-refractivity contribution in [2.45, 2.75) is 13.3 Å². The van der Waals surface area contributed by atoms with Gasteiger partial charge in [-0.1, -0.05) is 12.1 Å². The highest BCUT2D eigenvalue weighted by atomic mass is 32.1. The lowest BCUT2D eigenvalue weighted by atomic mass is 10.1. The summed E-state index contributed by atoms with van der Waals surface area (Å²) in [4.78, 5) is 35.5. The first-order valence-electron chi connectivity index (χ1n) is 9.32. The molecule has 0 unspecified atom stereocenters. The summed E-state index contributed by atoms with van der Waals surface area (Å²) in [5.41, 5.74) is 5.92. The Kier molecular flexibility index (Phi) is 9.24. The number of amides is 2. The number of ether oxygens (including phenoxy) is 3. The predicted octanol–water partition coefficient (Wildman–Crippen LogP) is 1.52. The Morgan fingerprint density at radius 1 is 0.903 bits per heavy atom. The van der Waals surface area contributed by atoms with Gasteiger partial charge in [-0.15, -0.1) is 0 Å². The van der Waals surface area contributed by atoms with Gasteiger partial charge in [-0.05, 0) is 61.1 Å². The van der Waals surface area contributed by atoms with E-state index in [1.54, 1.807) is 50.4 Å². The van der Waals surface area contributed by atoms with Crippen molar-refractivity contribution in [2.75, 3.05) is 20.3 Å². The minimum Gasteiger partial charge on any atom is -0.497 e. The fourth-order valence-corrected chi connectivity index (χ4v) is 2.51. The number of benzene rings is 2. The molecule has 0 aliphatic rings. The summed E-state index contributed by atoms with van der Waals surface area (Å²) in [5.74, 6) is -0.186. The van der Waals surface area contributed by atoms with Gasteiger partial charge < -0.3 is 19.5 Å². The monoisotopic (exact) mass is 445 g/mol. The van der Waals surface area contributed by atoms with Crippen molar-refractivity contribution in [1.29, 1.82) is 0 Å². The molecule has 2 rings (SSSR count). The molecule has 164 valence electrons. The number of thiocarbonyl (C=S) groups is 1. The highest BCUT2D eigenvalue weighted by Gasteiger charge is 2.09. The van der Waals surface area contributed by atoms with Gasteiger partial charge in [-0.2, -0.15) is 0 Å². The van der Waals surface area contributed by atoms with Gasteiger partial charge in [0, 0.05) is 0 Å². The molecule has 2 amide bonds. The van der Waals surface area contributed by atoms with Crippen LogP contribution in [0, 0.1) is 0 Å². The highest BCUT2D eigenvalue weighted by Crippen LogP contribution is 2.13. The zero-order valence-electron chi connectivity index (χ0n) is 17.1. The topological polar surface area (TPSA) is 115 Å². The molecule has 0 radical (unpaired) electrons. The molecule has 3 N–H and O–H groups in total. The average Bonchev–Trinajstić information content (AvgIpc) is 2.77. The summed E-state index contributed by atoms with van der Waals surface area (Å²) >= 11 is 4.98. The number of methoxy groups -OCH3 is 1. The van der Waals surface area contributed by atoms with E-state index in [-0.39, 0.29) is 30.7 Å². The zero-order valence-corrected chi connectivity index (χ0v) is 17.9. The van der Waals surface area contributed by atoms with Crippen molar-refractivity contribution >= 4 is 35.1 Å². The van der Waals surface area contributed by atoms with E-state index in [0.717, 1.165) is 5.56 Å². The van der Waals surface area contributed by atoms with E-state index < -0.39 is 11.9 Å². The summed E-state index contributed by atoms with van der Waals surface area (Å²) in [5, 5.41) is 2.41. The van der Waals surface area contributed by atoms with Crippen LogP contribution in [0.25, 0.3) is 0 Å². The van der Waals surface area contributed by atoms with Crippen LogP contribution in [0.15, 0.2) is 48.5 Å². The summed E-state index contributed by atoms with van der Waals surface area (Å²) < 4.78 is 15.3. The van der Waals surface area contributed by atoms with Crippen molar-refractivity contribution in [2.24, 2.45) is 0 Å². The van der Waals surface area contributed by atoms with Crippen molar-refractivity contribution in [1.82, 2.24) is 16.2 Å². The van der Waals surface area contributed by atoms with E-state index >= 15 is 0 Å². The smallest absolute Gasteiger partial charge is 0.338 e. The number of hydrogen-bond donors (Lipinski definition) is 3. The molecule has 10 heteroatoms. The molecule has 0 aromatic heterocycles. The number of carbonyl (C=O) groups is 3. The number of hydrazine groups is 1. The van der Waals surface area contributed by atoms with Crippen molar-refractivity contribution in [3.8, 4) is 11.5 Å². The fraction of sp³-hybridized carbons (Fsp3) is 0.238. The van der Waals surface area contributed by atoms with E-state index in [1.807, 2.05) is 0 Å². The lowest BCUT2D eigenvalue weighted by molar-refractivity contribution is -0.124. The minimum absolute atomic E-state index is 0.0503. The Bertz CT molecular complexity index is 916. The predicted molar refractivity (Wildman–Crippen MR) is 117 cm³/mol. The van der Waals surface area contributed by atoms with Crippen LogP contribution in [-0.2, 0) is 20.7 Å². The van der Waals surface area contributed by atoms with Crippen LogP contribution in [0.1, 0.15) is 22.8 Å². The number of hydrogen-bond acceptors (Lipinski definition) is 7. The maximum atomic E-state index is 12.0. The van der Waals surface area contributed by atoms with E-state index in [9.17, 15) is 14.4 Å². The molecule has 0 aliphatic heterocycles. The van der Waals surface area contributed by atoms with Crippen molar-refractivity contribution in [3.05, 3.63) is 59.7 Å². The van der Waals surface area contributed by atoms with Crippen LogP contribution in [-0.4, -0.2) is 43.2 Å². The minimum atomic E-state index is -0.513. The maximum Gasteiger partial charge on any atom is 0.338 e. The Labute approximate surface area is 185 Å². The molecule has 0 spiro atoms. The van der Waals surface area contributed by atoms with Gasteiger partial charge in [-0.25, -0.2) is 4.79 Å². The normalized spacial score (nSPS) is 9.87. The van der Waals surface area contributed by atoms with Crippen molar-refractivity contribution in [3.63, 3.8) is 0 Å². The van der Waals surface area contributed by atoms with Crippen LogP contribution < -0.4 is 25.6 Å². The SMILES string of the molecule is CCOC(=O)c1ccc(OCC(=O)NNC(=S)NC(=O)Cc2ccc(OC)cc2)cc1. The van der Waals surface area contributed by atoms with Gasteiger partial charge in [0.1, 0.15) is 11.5 Å². The van der Waals surface area contributed by atoms with Gasteiger partial charge >= 0.3 is 5.97 Å². The molecule has 0 heterocycles. The number of carbonyl (C=O) groups excluding carboxylic acids is 3. The molecule has 31 heavy (non-hydrogen) atoms. The van der Waals surface area contributed by atoms with E-state index in [2.05, 4.69) is 16.2 Å². The zero-order chi connectivity index (χ0) is 22.6. The van der Waals surface area contributed by atoms with Gasteiger partial charge in [0.25, 0.3) is 5.91 Å². The first-order chi connectivity index (χ1) is 14.9. The quantitative estimate of drug-likeness (QED) is 0.318. The lowest BCUT2D eigenvalue weighted by Gasteiger charge is -2.11. The molecular weight excluding hydrogens is 422 g/mol. The highest BCUT2D eigenvalue weighted by molar-refractivity contribution is 7.80. The van der Waals surface area contributed by atoms with E-state index in [0.29, 0.717) is 17.1 Å². The van der Waals surface area contributed by atoms with Gasteiger partial charge in [0.05, 0.1) is 25.7 Å². The van der Waals surface area contributed by atoms with Crippen molar-refractivity contribution < 1.29 is 28.6 Å². The second kappa shape index (κ2) is 12.1. The first kappa shape index (κ1) is 23.6. The van der Waals surface area contributed by atoms with E-state index in [1.165, 1.54) is 12.1 Å². The van der Waals surface area contributed by atoms with Crippen LogP contribution in [0.3, 0.4) is 0 Å². The summed E-state index contributed by atoms with van der Waals surface area (Å²) in [6, 6.07) is 13.2. The molecular formula is C21H23N3O6S. The van der Waals surface area contributed by atoms with Gasteiger partial charge in [-0.3, -0.25) is 20.4 Å². The average molecular weight is 445 g/mol. The summed E-state index contributed by atoms with van der Waals surface area (Å²) in [6.45, 7) is 1.71. The molecule has 0 saturated heterocycles. The number of esters is 1. The Hall–Kier alpha value is -3.66. The second-order valence-corrected chi connectivity index (χ2v) is 6.52. The Balaban J connectivity index is 1.68. The van der Waals surface area contributed by atoms with Crippen LogP contribution >= 0.6 is 12.2 Å². The fourth-order valence-electron chi connectivity index (χ4n) is 2.34. The second-order valence-electron chi connectivity index (χ2n) is 6.11.